The second-order valence-electron chi connectivity index (χ2n) is 9.15. The van der Waals surface area contributed by atoms with E-state index in [9.17, 15) is 13.2 Å². The average Bonchev–Trinajstić information content (AvgIpc) is 3.44. The fraction of sp³-hybridized carbons (Fsp3) is 0.346. The summed E-state index contributed by atoms with van der Waals surface area (Å²) in [5.41, 5.74) is 4.09. The van der Waals surface area contributed by atoms with Gasteiger partial charge in [-0.05, 0) is 56.8 Å². The number of hydrogen-bond donors (Lipinski definition) is 0. The van der Waals surface area contributed by atoms with Crippen molar-refractivity contribution in [2.45, 2.75) is 52.4 Å². The third-order valence-corrected chi connectivity index (χ3v) is 6.94. The molecule has 5 rings (SSSR count). The van der Waals surface area contributed by atoms with Gasteiger partial charge in [0.05, 0.1) is 11.4 Å². The first kappa shape index (κ1) is 23.0. The van der Waals surface area contributed by atoms with E-state index in [4.69, 9.17) is 11.6 Å². The highest BCUT2D eigenvalue weighted by atomic mass is 35.5. The van der Waals surface area contributed by atoms with Gasteiger partial charge in [-0.1, -0.05) is 59.6 Å². The average molecular weight is 487 g/mol. The van der Waals surface area contributed by atoms with Gasteiger partial charge >= 0.3 is 6.18 Å². The highest BCUT2D eigenvalue weighted by Gasteiger charge is 2.40. The molecule has 0 aliphatic carbocycles. The fourth-order valence-corrected chi connectivity index (χ4v) is 5.63. The van der Waals surface area contributed by atoms with Gasteiger partial charge in [0.15, 0.2) is 5.69 Å². The SMILES string of the molecule is Cc1cc(C)c(-n2c(Cl)cn3c(CN4CCCC4c4ccccc4)c(C(F)(F)F)nc23)c(C)c1. The van der Waals surface area contributed by atoms with Crippen LogP contribution in [0.1, 0.15) is 52.5 Å². The van der Waals surface area contributed by atoms with E-state index in [2.05, 4.69) is 9.88 Å². The predicted octanol–water partition coefficient (Wildman–Crippen LogP) is 7.06. The lowest BCUT2D eigenvalue weighted by Crippen LogP contribution is -2.25. The first-order valence-electron chi connectivity index (χ1n) is 11.4. The van der Waals surface area contributed by atoms with Gasteiger partial charge in [-0.3, -0.25) is 13.9 Å². The van der Waals surface area contributed by atoms with Crippen LogP contribution in [0.25, 0.3) is 11.5 Å². The molecule has 1 fully saturated rings. The molecule has 1 saturated heterocycles. The number of likely N-dealkylation sites (tertiary alicyclic amines) is 1. The van der Waals surface area contributed by atoms with Crippen molar-refractivity contribution in [2.24, 2.45) is 0 Å². The van der Waals surface area contributed by atoms with E-state index in [1.54, 1.807) is 10.8 Å². The Bertz CT molecular complexity index is 1330. The number of halogens is 4. The minimum Gasteiger partial charge on any atom is -0.291 e. The van der Waals surface area contributed by atoms with Crippen LogP contribution in [0.4, 0.5) is 13.2 Å². The molecule has 2 aromatic heterocycles. The molecular weight excluding hydrogens is 461 g/mol. The van der Waals surface area contributed by atoms with E-state index in [0.717, 1.165) is 47.3 Å². The molecule has 1 unspecified atom stereocenters. The maximum absolute atomic E-state index is 14.2. The van der Waals surface area contributed by atoms with Gasteiger partial charge in [-0.25, -0.2) is 4.98 Å². The molecule has 0 amide bonds. The lowest BCUT2D eigenvalue weighted by atomic mass is 10.0. The molecule has 8 heteroatoms. The molecule has 4 aromatic rings. The number of benzene rings is 2. The van der Waals surface area contributed by atoms with E-state index in [-0.39, 0.29) is 24.1 Å². The minimum absolute atomic E-state index is 0.0759. The Kier molecular flexibility index (Phi) is 5.73. The number of fused-ring (bicyclic) bond motifs is 1. The van der Waals surface area contributed by atoms with Crippen molar-refractivity contribution < 1.29 is 13.2 Å². The maximum Gasteiger partial charge on any atom is 0.435 e. The summed E-state index contributed by atoms with van der Waals surface area (Å²) in [4.78, 5) is 6.23. The Labute approximate surface area is 201 Å². The van der Waals surface area contributed by atoms with Crippen LogP contribution in [-0.4, -0.2) is 25.4 Å². The van der Waals surface area contributed by atoms with Gasteiger partial charge in [0.25, 0.3) is 0 Å². The maximum atomic E-state index is 14.2. The molecule has 4 nitrogen and oxygen atoms in total. The van der Waals surface area contributed by atoms with Crippen molar-refractivity contribution in [2.75, 3.05) is 6.54 Å². The quantitative estimate of drug-likeness (QED) is 0.308. The standard InChI is InChI=1S/C26H26ClF3N4/c1-16-12-17(2)23(18(3)13-16)34-22(27)15-33-21(24(26(28,29)30)31-25(33)34)14-32-11-7-10-20(32)19-8-5-4-6-9-19/h4-6,8-9,12-13,15,20H,7,10-11,14H2,1-3H3. The van der Waals surface area contributed by atoms with Gasteiger partial charge < -0.3 is 0 Å². The van der Waals surface area contributed by atoms with E-state index >= 15 is 0 Å². The molecular formula is C26H26ClF3N4. The van der Waals surface area contributed by atoms with Gasteiger partial charge in [-0.15, -0.1) is 0 Å². The second kappa shape index (κ2) is 8.47. The van der Waals surface area contributed by atoms with Crippen molar-refractivity contribution in [3.05, 3.63) is 87.5 Å². The zero-order valence-corrected chi connectivity index (χ0v) is 20.1. The highest BCUT2D eigenvalue weighted by molar-refractivity contribution is 6.30. The lowest BCUT2D eigenvalue weighted by molar-refractivity contribution is -0.141. The summed E-state index contributed by atoms with van der Waals surface area (Å²) in [6.45, 7) is 6.73. The third kappa shape index (κ3) is 3.91. The van der Waals surface area contributed by atoms with Gasteiger partial charge in [-0.2, -0.15) is 13.2 Å². The molecule has 1 aliphatic rings. The first-order valence-corrected chi connectivity index (χ1v) is 11.8. The van der Waals surface area contributed by atoms with Crippen molar-refractivity contribution in [1.29, 1.82) is 0 Å². The van der Waals surface area contributed by atoms with E-state index < -0.39 is 11.9 Å². The Morgan fingerprint density at radius 1 is 1.06 bits per heavy atom. The summed E-state index contributed by atoms with van der Waals surface area (Å²) in [5.74, 6) is 0.179. The molecule has 1 aliphatic heterocycles. The van der Waals surface area contributed by atoms with Crippen LogP contribution >= 0.6 is 11.6 Å². The summed E-state index contributed by atoms with van der Waals surface area (Å²) in [5, 5.41) is 0.327. The number of nitrogens with zero attached hydrogens (tertiary/aromatic N) is 4. The number of alkyl halides is 3. The van der Waals surface area contributed by atoms with Crippen LogP contribution in [0.2, 0.25) is 5.15 Å². The van der Waals surface area contributed by atoms with Crippen LogP contribution in [0, 0.1) is 20.8 Å². The van der Waals surface area contributed by atoms with Crippen LogP contribution in [0.5, 0.6) is 0 Å². The molecule has 1 atom stereocenters. The van der Waals surface area contributed by atoms with Crippen molar-refractivity contribution in [3.63, 3.8) is 0 Å². The van der Waals surface area contributed by atoms with E-state index in [1.807, 2.05) is 63.2 Å². The summed E-state index contributed by atoms with van der Waals surface area (Å²) in [6, 6.07) is 14.0. The minimum atomic E-state index is -4.57. The topological polar surface area (TPSA) is 25.5 Å². The fourth-order valence-electron chi connectivity index (χ4n) is 5.38. The zero-order valence-electron chi connectivity index (χ0n) is 19.3. The Morgan fingerprint density at radius 3 is 2.38 bits per heavy atom. The molecule has 3 heterocycles. The van der Waals surface area contributed by atoms with Gasteiger partial charge in [0, 0.05) is 18.8 Å². The van der Waals surface area contributed by atoms with Crippen molar-refractivity contribution in [1.82, 2.24) is 18.9 Å². The zero-order chi connectivity index (χ0) is 24.2. The summed E-state index contributed by atoms with van der Waals surface area (Å²) in [6.07, 6.45) is -1.16. The smallest absolute Gasteiger partial charge is 0.291 e. The Morgan fingerprint density at radius 2 is 1.74 bits per heavy atom. The number of imidazole rings is 2. The summed E-state index contributed by atoms with van der Waals surface area (Å²) >= 11 is 6.61. The van der Waals surface area contributed by atoms with Crippen molar-refractivity contribution >= 4 is 17.4 Å². The largest absolute Gasteiger partial charge is 0.435 e. The van der Waals surface area contributed by atoms with Gasteiger partial charge in [0.2, 0.25) is 5.78 Å². The Balaban J connectivity index is 1.65. The van der Waals surface area contributed by atoms with Gasteiger partial charge in [0.1, 0.15) is 5.15 Å². The predicted molar refractivity (Wildman–Crippen MR) is 128 cm³/mol. The normalized spacial score (nSPS) is 17.2. The lowest BCUT2D eigenvalue weighted by Gasteiger charge is -2.25. The van der Waals surface area contributed by atoms with Crippen LogP contribution in [0.15, 0.2) is 48.7 Å². The number of aryl methyl sites for hydroxylation is 3. The third-order valence-electron chi connectivity index (χ3n) is 6.67. The Hall–Kier alpha value is -2.77. The molecule has 34 heavy (non-hydrogen) atoms. The molecule has 0 saturated carbocycles. The van der Waals surface area contributed by atoms with Crippen LogP contribution < -0.4 is 0 Å². The highest BCUT2D eigenvalue weighted by Crippen LogP contribution is 2.39. The number of rotatable bonds is 4. The van der Waals surface area contributed by atoms with Crippen LogP contribution in [0.3, 0.4) is 0 Å². The molecule has 0 radical (unpaired) electrons. The first-order chi connectivity index (χ1) is 16.1. The summed E-state index contributed by atoms with van der Waals surface area (Å²) in [7, 11) is 0. The number of hydrogen-bond acceptors (Lipinski definition) is 2. The van der Waals surface area contributed by atoms with E-state index in [1.165, 1.54) is 4.40 Å². The van der Waals surface area contributed by atoms with Crippen molar-refractivity contribution in [3.8, 4) is 5.69 Å². The van der Waals surface area contributed by atoms with E-state index in [0.29, 0.717) is 5.15 Å². The van der Waals surface area contributed by atoms with Crippen LogP contribution in [-0.2, 0) is 12.7 Å². The monoisotopic (exact) mass is 486 g/mol. The molecule has 0 spiro atoms. The number of aromatic nitrogens is 3. The molecule has 0 bridgehead atoms. The molecule has 0 N–H and O–H groups in total. The second-order valence-corrected chi connectivity index (χ2v) is 9.54. The molecule has 2 aromatic carbocycles. The molecule has 178 valence electrons. The summed E-state index contributed by atoms with van der Waals surface area (Å²) < 4.78 is 45.6.